The first-order valence-electron chi connectivity index (χ1n) is 7.57. The molecule has 1 aromatic heterocycles. The summed E-state index contributed by atoms with van der Waals surface area (Å²) in [6.45, 7) is 5.63. The molecule has 1 aliphatic heterocycles. The predicted octanol–water partition coefficient (Wildman–Crippen LogP) is 1.56. The van der Waals surface area contributed by atoms with Gasteiger partial charge in [-0.05, 0) is 45.4 Å². The minimum Gasteiger partial charge on any atom is -0.468 e. The number of hydrogen-bond donors (Lipinski definition) is 1. The number of carbonyl (C=O) groups excluding carboxylic acids is 2. The minimum atomic E-state index is -1.00. The third kappa shape index (κ3) is 4.10. The zero-order valence-electron chi connectivity index (χ0n) is 13.4. The van der Waals surface area contributed by atoms with Crippen LogP contribution < -0.4 is 5.32 Å². The highest BCUT2D eigenvalue weighted by molar-refractivity contribution is 5.88. The Morgan fingerprint density at radius 2 is 2.27 bits per heavy atom. The molecule has 122 valence electrons. The van der Waals surface area contributed by atoms with E-state index >= 15 is 0 Å². The molecule has 1 atom stereocenters. The van der Waals surface area contributed by atoms with Gasteiger partial charge in [0.05, 0.1) is 25.8 Å². The number of likely N-dealkylation sites (tertiary alicyclic amines) is 1. The summed E-state index contributed by atoms with van der Waals surface area (Å²) in [5, 5.41) is 2.79. The van der Waals surface area contributed by atoms with Gasteiger partial charge in [-0.3, -0.25) is 9.69 Å². The summed E-state index contributed by atoms with van der Waals surface area (Å²) in [5.41, 5.74) is -1.00. The molecule has 1 aromatic rings. The van der Waals surface area contributed by atoms with Gasteiger partial charge in [0.25, 0.3) is 0 Å². The van der Waals surface area contributed by atoms with Gasteiger partial charge >= 0.3 is 5.97 Å². The van der Waals surface area contributed by atoms with E-state index in [1.165, 1.54) is 7.11 Å². The van der Waals surface area contributed by atoms with Crippen LogP contribution in [0.4, 0.5) is 0 Å². The molecule has 0 bridgehead atoms. The monoisotopic (exact) mass is 308 g/mol. The van der Waals surface area contributed by atoms with Crippen LogP contribution in [-0.4, -0.2) is 42.5 Å². The van der Waals surface area contributed by atoms with Crippen LogP contribution in [0.1, 0.15) is 32.4 Å². The molecule has 2 heterocycles. The van der Waals surface area contributed by atoms with E-state index in [-0.39, 0.29) is 11.8 Å². The van der Waals surface area contributed by atoms with Crippen molar-refractivity contribution in [2.24, 2.45) is 5.92 Å². The van der Waals surface area contributed by atoms with E-state index in [9.17, 15) is 9.59 Å². The molecule has 6 heteroatoms. The van der Waals surface area contributed by atoms with E-state index < -0.39 is 11.5 Å². The molecule has 0 spiro atoms. The van der Waals surface area contributed by atoms with E-state index in [1.807, 2.05) is 12.1 Å². The number of hydrogen-bond acceptors (Lipinski definition) is 5. The Morgan fingerprint density at radius 1 is 1.50 bits per heavy atom. The van der Waals surface area contributed by atoms with Gasteiger partial charge in [-0.2, -0.15) is 0 Å². The molecule has 2 rings (SSSR count). The molecule has 1 fully saturated rings. The predicted molar refractivity (Wildman–Crippen MR) is 80.9 cm³/mol. The van der Waals surface area contributed by atoms with Crippen LogP contribution in [0.3, 0.4) is 0 Å². The first-order chi connectivity index (χ1) is 10.4. The maximum Gasteiger partial charge on any atom is 0.330 e. The molecule has 0 aromatic carbocycles. The van der Waals surface area contributed by atoms with Gasteiger partial charge in [-0.25, -0.2) is 4.79 Å². The lowest BCUT2D eigenvalue weighted by Gasteiger charge is -2.33. The van der Waals surface area contributed by atoms with E-state index in [2.05, 4.69) is 10.2 Å². The third-order valence-corrected chi connectivity index (χ3v) is 3.97. The van der Waals surface area contributed by atoms with Crippen molar-refractivity contribution < 1.29 is 18.7 Å². The zero-order valence-corrected chi connectivity index (χ0v) is 13.4. The Morgan fingerprint density at radius 3 is 2.91 bits per heavy atom. The Kier molecular flexibility index (Phi) is 5.24. The molecule has 1 saturated heterocycles. The Balaban J connectivity index is 1.91. The summed E-state index contributed by atoms with van der Waals surface area (Å²) in [7, 11) is 1.32. The van der Waals surface area contributed by atoms with Crippen molar-refractivity contribution in [1.82, 2.24) is 10.2 Å². The number of rotatable bonds is 5. The second kappa shape index (κ2) is 6.96. The van der Waals surface area contributed by atoms with E-state index in [4.69, 9.17) is 9.15 Å². The highest BCUT2D eigenvalue weighted by Gasteiger charge is 2.34. The van der Waals surface area contributed by atoms with Crippen molar-refractivity contribution in [2.45, 2.75) is 38.8 Å². The molecule has 1 aliphatic rings. The summed E-state index contributed by atoms with van der Waals surface area (Å²) < 4.78 is 10.1. The van der Waals surface area contributed by atoms with E-state index in [1.54, 1.807) is 20.1 Å². The highest BCUT2D eigenvalue weighted by Crippen LogP contribution is 2.20. The number of furan rings is 1. The SMILES string of the molecule is COC(=O)C(C)(C)NC(=O)C1CCCN(Cc2ccco2)C1. The molecule has 6 nitrogen and oxygen atoms in total. The van der Waals surface area contributed by atoms with Gasteiger partial charge < -0.3 is 14.5 Å². The minimum absolute atomic E-state index is 0.0976. The highest BCUT2D eigenvalue weighted by atomic mass is 16.5. The van der Waals surface area contributed by atoms with Crippen LogP contribution >= 0.6 is 0 Å². The first-order valence-corrected chi connectivity index (χ1v) is 7.57. The lowest BCUT2D eigenvalue weighted by atomic mass is 9.95. The average Bonchev–Trinajstić information content (AvgIpc) is 2.99. The van der Waals surface area contributed by atoms with Gasteiger partial charge in [0.15, 0.2) is 0 Å². The molecular weight excluding hydrogens is 284 g/mol. The molecule has 0 aliphatic carbocycles. The van der Waals surface area contributed by atoms with Gasteiger partial charge in [-0.15, -0.1) is 0 Å². The second-order valence-corrected chi connectivity index (χ2v) is 6.26. The largest absolute Gasteiger partial charge is 0.468 e. The normalized spacial score (nSPS) is 19.7. The fourth-order valence-electron chi connectivity index (χ4n) is 2.75. The standard InChI is InChI=1S/C16H24N2O4/c1-16(2,15(20)21-3)17-14(19)12-6-4-8-18(10-12)11-13-7-5-9-22-13/h5,7,9,12H,4,6,8,10-11H2,1-3H3,(H,17,19). The van der Waals surface area contributed by atoms with Crippen molar-refractivity contribution in [2.75, 3.05) is 20.2 Å². The summed E-state index contributed by atoms with van der Waals surface area (Å²) in [6.07, 6.45) is 3.44. The fraction of sp³-hybridized carbons (Fsp3) is 0.625. The van der Waals surface area contributed by atoms with Crippen molar-refractivity contribution in [1.29, 1.82) is 0 Å². The number of nitrogens with one attached hydrogen (secondary N) is 1. The summed E-state index contributed by atoms with van der Waals surface area (Å²) in [6, 6.07) is 3.80. The smallest absolute Gasteiger partial charge is 0.330 e. The number of piperidine rings is 1. The Bertz CT molecular complexity index is 510. The third-order valence-electron chi connectivity index (χ3n) is 3.97. The summed E-state index contributed by atoms with van der Waals surface area (Å²) in [5.74, 6) is 0.243. The van der Waals surface area contributed by atoms with Crippen molar-refractivity contribution in [3.63, 3.8) is 0 Å². The van der Waals surface area contributed by atoms with Crippen LogP contribution in [0.5, 0.6) is 0 Å². The maximum atomic E-state index is 12.4. The summed E-state index contributed by atoms with van der Waals surface area (Å²) >= 11 is 0. The van der Waals surface area contributed by atoms with Gasteiger partial charge in [0.1, 0.15) is 11.3 Å². The van der Waals surface area contributed by atoms with E-state index in [0.717, 1.165) is 25.1 Å². The number of esters is 1. The second-order valence-electron chi connectivity index (χ2n) is 6.26. The fourth-order valence-corrected chi connectivity index (χ4v) is 2.75. The molecule has 1 amide bonds. The van der Waals surface area contributed by atoms with Crippen LogP contribution in [-0.2, 0) is 20.9 Å². The zero-order chi connectivity index (χ0) is 16.2. The van der Waals surface area contributed by atoms with Gasteiger partial charge in [0, 0.05) is 6.54 Å². The quantitative estimate of drug-likeness (QED) is 0.836. The number of nitrogens with zero attached hydrogens (tertiary/aromatic N) is 1. The van der Waals surface area contributed by atoms with Crippen LogP contribution in [0, 0.1) is 5.92 Å². The van der Waals surface area contributed by atoms with Crippen LogP contribution in [0.2, 0.25) is 0 Å². The van der Waals surface area contributed by atoms with Crippen molar-refractivity contribution >= 4 is 11.9 Å². The van der Waals surface area contributed by atoms with E-state index in [0.29, 0.717) is 13.1 Å². The molecule has 22 heavy (non-hydrogen) atoms. The number of ether oxygens (including phenoxy) is 1. The summed E-state index contributed by atoms with van der Waals surface area (Å²) in [4.78, 5) is 26.3. The lowest BCUT2D eigenvalue weighted by Crippen LogP contribution is -2.54. The maximum absolute atomic E-state index is 12.4. The number of carbonyl (C=O) groups is 2. The first kappa shape index (κ1) is 16.5. The topological polar surface area (TPSA) is 71.8 Å². The number of amides is 1. The molecule has 0 radical (unpaired) electrons. The molecule has 1 unspecified atom stereocenters. The van der Waals surface area contributed by atoms with Crippen molar-refractivity contribution in [3.05, 3.63) is 24.2 Å². The number of methoxy groups -OCH3 is 1. The molecular formula is C16H24N2O4. The van der Waals surface area contributed by atoms with Crippen LogP contribution in [0.25, 0.3) is 0 Å². The van der Waals surface area contributed by atoms with Crippen molar-refractivity contribution in [3.8, 4) is 0 Å². The van der Waals surface area contributed by atoms with Crippen LogP contribution in [0.15, 0.2) is 22.8 Å². The van der Waals surface area contributed by atoms with Gasteiger partial charge in [0.2, 0.25) is 5.91 Å². The van der Waals surface area contributed by atoms with Gasteiger partial charge in [-0.1, -0.05) is 0 Å². The lowest BCUT2D eigenvalue weighted by molar-refractivity contribution is -0.150. The molecule has 1 N–H and O–H groups in total. The Hall–Kier alpha value is -1.82. The Labute approximate surface area is 130 Å². The molecule has 0 saturated carbocycles. The average molecular weight is 308 g/mol.